The molecule has 0 amide bonds. The molecule has 0 spiro atoms. The van der Waals surface area contributed by atoms with Crippen LogP contribution < -0.4 is 15.3 Å². The number of aliphatic hydroxyl groups excluding tert-OH is 2. The summed E-state index contributed by atoms with van der Waals surface area (Å²) in [4.78, 5) is 16.9. The van der Waals surface area contributed by atoms with Gasteiger partial charge in [0.1, 0.15) is 48.5 Å². The second kappa shape index (κ2) is 14.4. The number of anilines is 1. The normalized spacial score (nSPS) is 16.2. The number of carbonyl (C=O) groups excluding carboxylic acids is 1. The van der Waals surface area contributed by atoms with Crippen molar-refractivity contribution < 1.29 is 38.1 Å². The number of hydrogen-bond donors (Lipinski definition) is 4. The Morgan fingerprint density at radius 2 is 1.82 bits per heavy atom. The largest absolute Gasteiger partial charge is 0.465 e. The Hall–Kier alpha value is -4.35. The van der Waals surface area contributed by atoms with E-state index in [-0.39, 0.29) is 30.3 Å². The lowest BCUT2D eigenvalue weighted by atomic mass is 9.93. The third-order valence-corrected chi connectivity index (χ3v) is 8.28. The number of aromatic nitrogens is 3. The summed E-state index contributed by atoms with van der Waals surface area (Å²) in [7, 11) is -3.41. The van der Waals surface area contributed by atoms with E-state index in [0.29, 0.717) is 5.52 Å². The monoisotopic (exact) mass is 624 g/mol. The summed E-state index contributed by atoms with van der Waals surface area (Å²) >= 11 is 0. The highest BCUT2D eigenvalue weighted by molar-refractivity contribution is 7.52. The van der Waals surface area contributed by atoms with Crippen LogP contribution >= 0.6 is 7.75 Å². The number of carbonyl (C=O) groups is 1. The van der Waals surface area contributed by atoms with E-state index in [2.05, 4.69) is 15.2 Å². The number of ether oxygens (including phenoxy) is 2. The zero-order valence-corrected chi connectivity index (χ0v) is 24.9. The number of para-hydroxylation sites is 1. The smallest absolute Gasteiger partial charge is 0.459 e. The number of aliphatic hydroxyl groups is 2. The van der Waals surface area contributed by atoms with Crippen molar-refractivity contribution in [3.05, 3.63) is 90.4 Å². The third-order valence-electron chi connectivity index (χ3n) is 6.73. The van der Waals surface area contributed by atoms with Crippen LogP contribution in [0.3, 0.4) is 0 Å². The van der Waals surface area contributed by atoms with Gasteiger partial charge in [-0.1, -0.05) is 48.5 Å². The zero-order valence-electron chi connectivity index (χ0n) is 24.0. The fraction of sp³-hybridized carbons (Fsp3) is 0.310. The molecule has 0 saturated carbocycles. The lowest BCUT2D eigenvalue weighted by Crippen LogP contribution is -2.50. The molecule has 0 aliphatic rings. The van der Waals surface area contributed by atoms with Crippen LogP contribution in [0.25, 0.3) is 5.52 Å². The highest BCUT2D eigenvalue weighted by Crippen LogP contribution is 2.46. The summed E-state index contributed by atoms with van der Waals surface area (Å²) in [5.41, 5.74) is 4.76. The predicted molar refractivity (Wildman–Crippen MR) is 158 cm³/mol. The molecule has 4 aromatic rings. The summed E-state index contributed by atoms with van der Waals surface area (Å²) in [5.74, 6) is -0.457. The Labute approximate surface area is 253 Å². The Balaban J connectivity index is 1.64. The number of nitrogens with two attached hydrogens (primary N) is 1. The summed E-state index contributed by atoms with van der Waals surface area (Å²) in [6.45, 7) is 0.832. The first kappa shape index (κ1) is 32.6. The molecule has 5 atom stereocenters. The number of rotatable bonds is 15. The number of fused-ring (bicyclic) bond motifs is 1. The van der Waals surface area contributed by atoms with Gasteiger partial charge in [-0.25, -0.2) is 14.1 Å². The standard InChI is InChI=1S/C29H33N6O8P/c1-3-41-28(38)22(16-20-10-6-4-7-11-20)34-44(39,43-21-12-8-5-9-13-21)42-18-29(17-30,40-2)26(37)25(36)23-14-15-24-27(31)32-19-33-35(23)24/h4-15,19,22,25-26,36-37H,3,16,18H2,1-2H3,(H,34,39)(H2,31,32,33)/t22-,25-,26-,29?,44?/m0/s1. The zero-order chi connectivity index (χ0) is 31.7. The SMILES string of the molecule is CCOC(=O)[C@H](Cc1ccccc1)NP(=O)(OCC(C#N)(OC)[C@@H](O)[C@@H](O)c1ccc2c(N)ncnn12)Oc1ccccc1. The summed E-state index contributed by atoms with van der Waals surface area (Å²) in [6, 6.07) is 20.6. The average Bonchev–Trinajstić information content (AvgIpc) is 3.48. The van der Waals surface area contributed by atoms with Gasteiger partial charge in [0.25, 0.3) is 0 Å². The molecule has 14 nitrogen and oxygen atoms in total. The van der Waals surface area contributed by atoms with Gasteiger partial charge < -0.3 is 29.9 Å². The van der Waals surface area contributed by atoms with E-state index in [0.717, 1.165) is 12.7 Å². The molecule has 44 heavy (non-hydrogen) atoms. The molecule has 0 saturated heterocycles. The van der Waals surface area contributed by atoms with E-state index < -0.39 is 44.2 Å². The number of esters is 1. The summed E-state index contributed by atoms with van der Waals surface area (Å²) < 4.78 is 37.6. The van der Waals surface area contributed by atoms with Gasteiger partial charge in [-0.3, -0.25) is 9.32 Å². The minimum Gasteiger partial charge on any atom is -0.465 e. The summed E-state index contributed by atoms with van der Waals surface area (Å²) in [5, 5.41) is 39.3. The molecule has 232 valence electrons. The fourth-order valence-electron chi connectivity index (χ4n) is 4.38. The lowest BCUT2D eigenvalue weighted by molar-refractivity contribution is -0.145. The van der Waals surface area contributed by atoms with Crippen LogP contribution in [0.2, 0.25) is 0 Å². The van der Waals surface area contributed by atoms with Gasteiger partial charge in [0, 0.05) is 7.11 Å². The minimum absolute atomic E-state index is 0.0620. The molecule has 2 aromatic carbocycles. The van der Waals surface area contributed by atoms with Gasteiger partial charge >= 0.3 is 13.7 Å². The van der Waals surface area contributed by atoms with Crippen molar-refractivity contribution in [2.24, 2.45) is 0 Å². The number of nitrogens with zero attached hydrogens (tertiary/aromatic N) is 4. The highest BCUT2D eigenvalue weighted by atomic mass is 31.2. The van der Waals surface area contributed by atoms with Crippen molar-refractivity contribution in [3.8, 4) is 11.8 Å². The minimum atomic E-state index is -4.53. The topological polar surface area (TPSA) is 204 Å². The van der Waals surface area contributed by atoms with Crippen LogP contribution in [0.4, 0.5) is 5.82 Å². The second-order valence-corrected chi connectivity index (χ2v) is 11.3. The molecule has 2 unspecified atom stereocenters. The van der Waals surface area contributed by atoms with Crippen LogP contribution in [0, 0.1) is 11.3 Å². The first-order valence-electron chi connectivity index (χ1n) is 13.5. The maximum absolute atomic E-state index is 14.3. The van der Waals surface area contributed by atoms with Crippen LogP contribution in [0.15, 0.2) is 79.1 Å². The molecular formula is C29H33N6O8P. The average molecular weight is 625 g/mol. The van der Waals surface area contributed by atoms with Crippen LogP contribution in [0.1, 0.15) is 24.3 Å². The van der Waals surface area contributed by atoms with Crippen LogP contribution in [-0.4, -0.2) is 68.9 Å². The van der Waals surface area contributed by atoms with Gasteiger partial charge in [0.2, 0.25) is 5.60 Å². The Bertz CT molecular complexity index is 1630. The highest BCUT2D eigenvalue weighted by Gasteiger charge is 2.47. The molecule has 15 heteroatoms. The Morgan fingerprint density at radius 3 is 2.45 bits per heavy atom. The van der Waals surface area contributed by atoms with Gasteiger partial charge in [-0.15, -0.1) is 0 Å². The van der Waals surface area contributed by atoms with Crippen molar-refractivity contribution in [2.45, 2.75) is 37.2 Å². The number of nitriles is 1. The molecule has 0 aliphatic carbocycles. The maximum atomic E-state index is 14.3. The van der Waals surface area contributed by atoms with Crippen LogP contribution in [0.5, 0.6) is 5.75 Å². The van der Waals surface area contributed by atoms with E-state index in [4.69, 9.17) is 24.3 Å². The Kier molecular flexibility index (Phi) is 10.7. The third kappa shape index (κ3) is 7.40. The van der Waals surface area contributed by atoms with Gasteiger partial charge in [0.05, 0.1) is 12.3 Å². The van der Waals surface area contributed by atoms with Crippen molar-refractivity contribution in [1.82, 2.24) is 19.7 Å². The first-order chi connectivity index (χ1) is 21.1. The van der Waals surface area contributed by atoms with E-state index in [9.17, 15) is 24.8 Å². The summed E-state index contributed by atoms with van der Waals surface area (Å²) in [6.07, 6.45) is -2.48. The van der Waals surface area contributed by atoms with Crippen LogP contribution in [-0.2, 0) is 29.8 Å². The molecule has 5 N–H and O–H groups in total. The van der Waals surface area contributed by atoms with Gasteiger partial charge in [-0.2, -0.15) is 15.4 Å². The van der Waals surface area contributed by atoms with Gasteiger partial charge in [0.15, 0.2) is 5.82 Å². The fourth-order valence-corrected chi connectivity index (χ4v) is 5.90. The number of benzene rings is 2. The quantitative estimate of drug-likeness (QED) is 0.111. The molecule has 2 aromatic heterocycles. The molecule has 0 bridgehead atoms. The number of hydrogen-bond acceptors (Lipinski definition) is 12. The molecule has 0 fully saturated rings. The van der Waals surface area contributed by atoms with E-state index in [1.165, 1.54) is 35.1 Å². The molecular weight excluding hydrogens is 591 g/mol. The van der Waals surface area contributed by atoms with Crippen molar-refractivity contribution in [3.63, 3.8) is 0 Å². The first-order valence-corrected chi connectivity index (χ1v) is 15.1. The second-order valence-electron chi connectivity index (χ2n) is 9.59. The maximum Gasteiger partial charge on any atom is 0.459 e. The van der Waals surface area contributed by atoms with E-state index in [1.807, 2.05) is 12.1 Å². The van der Waals surface area contributed by atoms with Crippen molar-refractivity contribution >= 4 is 25.1 Å². The van der Waals surface area contributed by atoms with Crippen molar-refractivity contribution in [1.29, 1.82) is 5.26 Å². The van der Waals surface area contributed by atoms with Gasteiger partial charge in [-0.05, 0) is 43.2 Å². The number of nitrogen functional groups attached to an aromatic ring is 1. The molecule has 2 heterocycles. The predicted octanol–water partition coefficient (Wildman–Crippen LogP) is 2.58. The lowest BCUT2D eigenvalue weighted by Gasteiger charge is -2.34. The molecule has 0 radical (unpaired) electrons. The van der Waals surface area contributed by atoms with E-state index >= 15 is 0 Å². The Morgan fingerprint density at radius 1 is 1.14 bits per heavy atom. The number of methoxy groups -OCH3 is 1. The van der Waals surface area contributed by atoms with E-state index in [1.54, 1.807) is 49.4 Å². The van der Waals surface area contributed by atoms with Crippen molar-refractivity contribution in [2.75, 3.05) is 26.1 Å². The molecule has 4 rings (SSSR count). The molecule has 0 aliphatic heterocycles. The number of nitrogens with one attached hydrogen (secondary N) is 1.